The highest BCUT2D eigenvalue weighted by Gasteiger charge is 2.30. The Morgan fingerprint density at radius 3 is 2.82 bits per heavy atom. The molecule has 1 saturated heterocycles. The standard InChI is InChI=1S/C9H13N5O3/c1-10-8(15)5-13-2-6(3-13)14-4-7(9(16)17)11-12-14/h4,6H,2-3,5H2,1H3,(H,10,15)(H,16,17). The first-order chi connectivity index (χ1) is 8.10. The van der Waals surface area contributed by atoms with E-state index in [4.69, 9.17) is 5.11 Å². The maximum absolute atomic E-state index is 11.1. The van der Waals surface area contributed by atoms with Crippen molar-refractivity contribution in [1.29, 1.82) is 0 Å². The van der Waals surface area contributed by atoms with Crippen molar-refractivity contribution in [3.05, 3.63) is 11.9 Å². The highest BCUT2D eigenvalue weighted by atomic mass is 16.4. The summed E-state index contributed by atoms with van der Waals surface area (Å²) in [5.41, 5.74) is -0.0604. The Morgan fingerprint density at radius 1 is 1.59 bits per heavy atom. The van der Waals surface area contributed by atoms with Crippen LogP contribution in [-0.2, 0) is 4.79 Å². The molecule has 8 heteroatoms. The lowest BCUT2D eigenvalue weighted by molar-refractivity contribution is -0.123. The lowest BCUT2D eigenvalue weighted by atomic mass is 10.1. The van der Waals surface area contributed by atoms with Crippen LogP contribution in [0.5, 0.6) is 0 Å². The first kappa shape index (κ1) is 11.5. The van der Waals surface area contributed by atoms with Gasteiger partial charge in [0.05, 0.1) is 18.8 Å². The average molecular weight is 239 g/mol. The zero-order valence-electron chi connectivity index (χ0n) is 9.33. The van der Waals surface area contributed by atoms with Gasteiger partial charge in [-0.1, -0.05) is 5.21 Å². The van der Waals surface area contributed by atoms with Gasteiger partial charge in [0.15, 0.2) is 5.69 Å². The van der Waals surface area contributed by atoms with Crippen molar-refractivity contribution >= 4 is 11.9 Å². The van der Waals surface area contributed by atoms with Crippen molar-refractivity contribution in [2.45, 2.75) is 6.04 Å². The van der Waals surface area contributed by atoms with E-state index in [-0.39, 0.29) is 17.6 Å². The Balaban J connectivity index is 1.86. The number of carboxylic acids is 1. The van der Waals surface area contributed by atoms with Crippen LogP contribution in [0.1, 0.15) is 16.5 Å². The molecule has 1 aliphatic rings. The van der Waals surface area contributed by atoms with Gasteiger partial charge in [-0.25, -0.2) is 9.48 Å². The molecule has 2 heterocycles. The summed E-state index contributed by atoms with van der Waals surface area (Å²) in [6.45, 7) is 1.71. The molecule has 0 bridgehead atoms. The van der Waals surface area contributed by atoms with Crippen LogP contribution in [0.25, 0.3) is 0 Å². The van der Waals surface area contributed by atoms with Crippen molar-refractivity contribution in [3.63, 3.8) is 0 Å². The second-order valence-corrected chi connectivity index (χ2v) is 3.91. The van der Waals surface area contributed by atoms with Crippen LogP contribution in [0.15, 0.2) is 6.20 Å². The number of hydrogen-bond donors (Lipinski definition) is 2. The molecule has 0 saturated carbocycles. The fraction of sp³-hybridized carbons (Fsp3) is 0.556. The summed E-state index contributed by atoms with van der Waals surface area (Å²) < 4.78 is 1.53. The van der Waals surface area contributed by atoms with Gasteiger partial charge in [-0.3, -0.25) is 9.69 Å². The summed E-state index contributed by atoms with van der Waals surface area (Å²) in [5.74, 6) is -1.12. The van der Waals surface area contributed by atoms with Crippen LogP contribution in [0.3, 0.4) is 0 Å². The summed E-state index contributed by atoms with van der Waals surface area (Å²) in [6.07, 6.45) is 1.41. The number of rotatable bonds is 4. The Kier molecular flexibility index (Phi) is 3.05. The first-order valence-electron chi connectivity index (χ1n) is 5.18. The molecular formula is C9H13N5O3. The van der Waals surface area contributed by atoms with E-state index in [1.165, 1.54) is 10.9 Å². The number of carbonyl (C=O) groups is 2. The number of aromatic nitrogens is 3. The fourth-order valence-corrected chi connectivity index (χ4v) is 1.67. The molecule has 0 radical (unpaired) electrons. The second kappa shape index (κ2) is 4.50. The van der Waals surface area contributed by atoms with Crippen molar-refractivity contribution in [1.82, 2.24) is 25.2 Å². The molecule has 0 atom stereocenters. The molecule has 2 rings (SSSR count). The number of carboxylic acid groups (broad SMARTS) is 1. The number of nitrogens with zero attached hydrogens (tertiary/aromatic N) is 4. The minimum Gasteiger partial charge on any atom is -0.476 e. The summed E-state index contributed by atoms with van der Waals surface area (Å²) >= 11 is 0. The zero-order chi connectivity index (χ0) is 12.4. The number of likely N-dealkylation sites (N-methyl/N-ethyl adjacent to an activating group) is 1. The lowest BCUT2D eigenvalue weighted by Crippen LogP contribution is -2.51. The highest BCUT2D eigenvalue weighted by molar-refractivity contribution is 5.84. The summed E-state index contributed by atoms with van der Waals surface area (Å²) in [4.78, 5) is 23.6. The van der Waals surface area contributed by atoms with Crippen LogP contribution < -0.4 is 5.32 Å². The van der Waals surface area contributed by atoms with E-state index in [1.54, 1.807) is 7.05 Å². The van der Waals surface area contributed by atoms with Crippen molar-refractivity contribution < 1.29 is 14.7 Å². The van der Waals surface area contributed by atoms with Crippen LogP contribution in [0, 0.1) is 0 Å². The molecule has 1 aromatic heterocycles. The molecule has 92 valence electrons. The van der Waals surface area contributed by atoms with Crippen molar-refractivity contribution in [2.75, 3.05) is 26.7 Å². The zero-order valence-corrected chi connectivity index (χ0v) is 9.33. The second-order valence-electron chi connectivity index (χ2n) is 3.91. The van der Waals surface area contributed by atoms with E-state index in [0.717, 1.165) is 0 Å². The summed E-state index contributed by atoms with van der Waals surface area (Å²) in [5, 5.41) is 18.5. The largest absolute Gasteiger partial charge is 0.476 e. The molecule has 0 aliphatic carbocycles. The maximum Gasteiger partial charge on any atom is 0.358 e. The Morgan fingerprint density at radius 2 is 2.29 bits per heavy atom. The van der Waals surface area contributed by atoms with E-state index in [2.05, 4.69) is 15.6 Å². The minimum atomic E-state index is -1.09. The lowest BCUT2D eigenvalue weighted by Gasteiger charge is -2.38. The third-order valence-electron chi connectivity index (χ3n) is 2.69. The molecule has 0 aromatic carbocycles. The molecule has 0 spiro atoms. The van der Waals surface area contributed by atoms with E-state index in [1.807, 2.05) is 4.90 Å². The van der Waals surface area contributed by atoms with Gasteiger partial charge in [0.25, 0.3) is 0 Å². The smallest absolute Gasteiger partial charge is 0.358 e. The summed E-state index contributed by atoms with van der Waals surface area (Å²) in [6, 6.07) is 0.0975. The van der Waals surface area contributed by atoms with Crippen LogP contribution in [0.2, 0.25) is 0 Å². The topological polar surface area (TPSA) is 100 Å². The first-order valence-corrected chi connectivity index (χ1v) is 5.18. The normalized spacial score (nSPS) is 16.5. The average Bonchev–Trinajstić information content (AvgIpc) is 2.71. The molecular weight excluding hydrogens is 226 g/mol. The molecule has 0 unspecified atom stereocenters. The predicted octanol–water partition coefficient (Wildman–Crippen LogP) is -1.42. The van der Waals surface area contributed by atoms with Crippen LogP contribution >= 0.6 is 0 Å². The molecule has 2 N–H and O–H groups in total. The van der Waals surface area contributed by atoms with E-state index < -0.39 is 5.97 Å². The predicted molar refractivity (Wildman–Crippen MR) is 56.5 cm³/mol. The third kappa shape index (κ3) is 2.41. The Bertz CT molecular complexity index is 438. The molecule has 17 heavy (non-hydrogen) atoms. The Labute approximate surface area is 97.2 Å². The fourth-order valence-electron chi connectivity index (χ4n) is 1.67. The number of likely N-dealkylation sites (tertiary alicyclic amines) is 1. The minimum absolute atomic E-state index is 0.0340. The van der Waals surface area contributed by atoms with Gasteiger partial charge in [0, 0.05) is 20.1 Å². The maximum atomic E-state index is 11.1. The van der Waals surface area contributed by atoms with Crippen LogP contribution in [-0.4, -0.2) is 63.6 Å². The number of aromatic carboxylic acids is 1. The van der Waals surface area contributed by atoms with Gasteiger partial charge in [-0.05, 0) is 0 Å². The van der Waals surface area contributed by atoms with Gasteiger partial charge < -0.3 is 10.4 Å². The van der Waals surface area contributed by atoms with Gasteiger partial charge in [0.1, 0.15) is 0 Å². The summed E-state index contributed by atoms with van der Waals surface area (Å²) in [7, 11) is 1.59. The van der Waals surface area contributed by atoms with Gasteiger partial charge >= 0.3 is 5.97 Å². The van der Waals surface area contributed by atoms with Gasteiger partial charge in [-0.2, -0.15) is 0 Å². The van der Waals surface area contributed by atoms with Crippen LogP contribution in [0.4, 0.5) is 0 Å². The van der Waals surface area contributed by atoms with Crippen molar-refractivity contribution in [2.24, 2.45) is 0 Å². The molecule has 1 aromatic rings. The highest BCUT2D eigenvalue weighted by Crippen LogP contribution is 2.19. The van der Waals surface area contributed by atoms with Gasteiger partial charge in [-0.15, -0.1) is 5.10 Å². The third-order valence-corrected chi connectivity index (χ3v) is 2.69. The molecule has 8 nitrogen and oxygen atoms in total. The number of carbonyl (C=O) groups excluding carboxylic acids is 1. The molecule has 1 amide bonds. The van der Waals surface area contributed by atoms with E-state index in [0.29, 0.717) is 19.6 Å². The quantitative estimate of drug-likeness (QED) is 0.668. The monoisotopic (exact) mass is 239 g/mol. The Hall–Kier alpha value is -1.96. The van der Waals surface area contributed by atoms with Gasteiger partial charge in [0.2, 0.25) is 5.91 Å². The number of hydrogen-bond acceptors (Lipinski definition) is 5. The van der Waals surface area contributed by atoms with E-state index in [9.17, 15) is 9.59 Å². The van der Waals surface area contributed by atoms with Crippen molar-refractivity contribution in [3.8, 4) is 0 Å². The SMILES string of the molecule is CNC(=O)CN1CC(n2cc(C(=O)O)nn2)C1. The van der Waals surface area contributed by atoms with E-state index >= 15 is 0 Å². The molecule has 1 fully saturated rings. The number of amides is 1. The number of nitrogens with one attached hydrogen (secondary N) is 1. The molecule has 1 aliphatic heterocycles.